The highest BCUT2D eigenvalue weighted by atomic mass is 19.1. The molecule has 3 rings (SSSR count). The van der Waals surface area contributed by atoms with Crippen LogP contribution in [-0.4, -0.2) is 6.04 Å². The van der Waals surface area contributed by atoms with Gasteiger partial charge in [0.05, 0.1) is 0 Å². The highest BCUT2D eigenvalue weighted by Gasteiger charge is 2.26. The van der Waals surface area contributed by atoms with Crippen LogP contribution in [0, 0.1) is 5.82 Å². The molecule has 0 radical (unpaired) electrons. The molecule has 2 heteroatoms. The van der Waals surface area contributed by atoms with Gasteiger partial charge in [0, 0.05) is 12.6 Å². The minimum absolute atomic E-state index is 0.00685. The van der Waals surface area contributed by atoms with Gasteiger partial charge in [-0.15, -0.1) is 0 Å². The number of rotatable bonds is 4. The second kappa shape index (κ2) is 3.60. The Bertz CT molecular complexity index is 367. The highest BCUT2D eigenvalue weighted by Crippen LogP contribution is 2.41. The standard InChI is InChI=1S/C13H16FN/c14-13-7-9(8-15-11-4-5-11)1-6-12(13)10-2-3-10/h1,6-7,10-11,15H,2-5,8H2. The van der Waals surface area contributed by atoms with Gasteiger partial charge in [0.2, 0.25) is 0 Å². The molecule has 2 aliphatic carbocycles. The van der Waals surface area contributed by atoms with Crippen LogP contribution >= 0.6 is 0 Å². The lowest BCUT2D eigenvalue weighted by molar-refractivity contribution is 0.604. The molecule has 1 nitrogen and oxygen atoms in total. The summed E-state index contributed by atoms with van der Waals surface area (Å²) in [6.07, 6.45) is 4.89. The first-order valence-corrected chi connectivity index (χ1v) is 5.84. The number of nitrogens with one attached hydrogen (secondary N) is 1. The maximum absolute atomic E-state index is 13.7. The van der Waals surface area contributed by atoms with E-state index in [0.717, 1.165) is 30.5 Å². The summed E-state index contributed by atoms with van der Waals surface area (Å²) in [5.41, 5.74) is 1.99. The number of hydrogen-bond acceptors (Lipinski definition) is 1. The Balaban J connectivity index is 1.69. The molecule has 0 amide bonds. The van der Waals surface area contributed by atoms with Crippen molar-refractivity contribution in [3.63, 3.8) is 0 Å². The van der Waals surface area contributed by atoms with Gasteiger partial charge in [0.15, 0.2) is 0 Å². The third-order valence-corrected chi connectivity index (χ3v) is 3.25. The average Bonchev–Trinajstić information content (AvgIpc) is 3.09. The van der Waals surface area contributed by atoms with Crippen LogP contribution in [0.5, 0.6) is 0 Å². The van der Waals surface area contributed by atoms with E-state index in [2.05, 4.69) is 11.4 Å². The summed E-state index contributed by atoms with van der Waals surface area (Å²) >= 11 is 0. The number of halogens is 1. The van der Waals surface area contributed by atoms with Crippen molar-refractivity contribution in [2.75, 3.05) is 0 Å². The second-order valence-corrected chi connectivity index (χ2v) is 4.79. The van der Waals surface area contributed by atoms with E-state index in [-0.39, 0.29) is 5.82 Å². The smallest absolute Gasteiger partial charge is 0.127 e. The normalized spacial score (nSPS) is 20.6. The third kappa shape index (κ3) is 2.20. The molecule has 80 valence electrons. The van der Waals surface area contributed by atoms with Crippen molar-refractivity contribution in [3.05, 3.63) is 35.1 Å². The van der Waals surface area contributed by atoms with Crippen molar-refractivity contribution in [3.8, 4) is 0 Å². The summed E-state index contributed by atoms with van der Waals surface area (Å²) in [5, 5.41) is 3.40. The van der Waals surface area contributed by atoms with Crippen molar-refractivity contribution in [1.82, 2.24) is 5.32 Å². The third-order valence-electron chi connectivity index (χ3n) is 3.25. The molecule has 1 aromatic carbocycles. The zero-order valence-corrected chi connectivity index (χ0v) is 8.80. The lowest BCUT2D eigenvalue weighted by atomic mass is 10.1. The molecule has 0 atom stereocenters. The Labute approximate surface area is 89.7 Å². The molecular formula is C13H16FN. The van der Waals surface area contributed by atoms with Gasteiger partial charge >= 0.3 is 0 Å². The van der Waals surface area contributed by atoms with Gasteiger partial charge in [-0.25, -0.2) is 4.39 Å². The second-order valence-electron chi connectivity index (χ2n) is 4.79. The van der Waals surface area contributed by atoms with Crippen molar-refractivity contribution in [2.45, 2.75) is 44.2 Å². The fourth-order valence-corrected chi connectivity index (χ4v) is 1.96. The Morgan fingerprint density at radius 2 is 2.00 bits per heavy atom. The Morgan fingerprint density at radius 3 is 2.60 bits per heavy atom. The molecule has 1 aromatic rings. The van der Waals surface area contributed by atoms with E-state index in [9.17, 15) is 4.39 Å². The largest absolute Gasteiger partial charge is 0.310 e. The van der Waals surface area contributed by atoms with Crippen LogP contribution < -0.4 is 5.32 Å². The highest BCUT2D eigenvalue weighted by molar-refractivity contribution is 5.29. The number of benzene rings is 1. The molecule has 0 bridgehead atoms. The van der Waals surface area contributed by atoms with Crippen molar-refractivity contribution in [2.24, 2.45) is 0 Å². The molecular weight excluding hydrogens is 189 g/mol. The van der Waals surface area contributed by atoms with Crippen LogP contribution in [0.25, 0.3) is 0 Å². The quantitative estimate of drug-likeness (QED) is 0.796. The van der Waals surface area contributed by atoms with Crippen LogP contribution in [0.3, 0.4) is 0 Å². The summed E-state index contributed by atoms with van der Waals surface area (Å²) in [6.45, 7) is 0.812. The molecule has 1 N–H and O–H groups in total. The summed E-state index contributed by atoms with van der Waals surface area (Å²) in [7, 11) is 0. The van der Waals surface area contributed by atoms with Gasteiger partial charge in [-0.1, -0.05) is 12.1 Å². The molecule has 2 saturated carbocycles. The van der Waals surface area contributed by atoms with E-state index in [0.29, 0.717) is 12.0 Å². The molecule has 2 aliphatic rings. The fourth-order valence-electron chi connectivity index (χ4n) is 1.96. The first-order chi connectivity index (χ1) is 7.33. The van der Waals surface area contributed by atoms with E-state index >= 15 is 0 Å². The van der Waals surface area contributed by atoms with Crippen molar-refractivity contribution >= 4 is 0 Å². The Hall–Kier alpha value is -0.890. The minimum atomic E-state index is -0.00685. The average molecular weight is 205 g/mol. The zero-order chi connectivity index (χ0) is 10.3. The van der Waals surface area contributed by atoms with Crippen LogP contribution in [0.1, 0.15) is 42.7 Å². The first-order valence-electron chi connectivity index (χ1n) is 5.84. The molecule has 15 heavy (non-hydrogen) atoms. The van der Waals surface area contributed by atoms with E-state index in [4.69, 9.17) is 0 Å². The van der Waals surface area contributed by atoms with Gasteiger partial charge < -0.3 is 5.32 Å². The Morgan fingerprint density at radius 1 is 1.20 bits per heavy atom. The van der Waals surface area contributed by atoms with Crippen LogP contribution in [0.15, 0.2) is 18.2 Å². The predicted octanol–water partition coefficient (Wildman–Crippen LogP) is 2.96. The molecule has 0 aliphatic heterocycles. The van der Waals surface area contributed by atoms with Crippen molar-refractivity contribution < 1.29 is 4.39 Å². The lowest BCUT2D eigenvalue weighted by Gasteiger charge is -2.06. The maximum atomic E-state index is 13.7. The summed E-state index contributed by atoms with van der Waals surface area (Å²) < 4.78 is 13.7. The van der Waals surface area contributed by atoms with Crippen molar-refractivity contribution in [1.29, 1.82) is 0 Å². The van der Waals surface area contributed by atoms with Gasteiger partial charge in [0.1, 0.15) is 5.82 Å². The van der Waals surface area contributed by atoms with Gasteiger partial charge in [-0.3, -0.25) is 0 Å². The van der Waals surface area contributed by atoms with Crippen LogP contribution in [0.4, 0.5) is 4.39 Å². The maximum Gasteiger partial charge on any atom is 0.127 e. The molecule has 0 unspecified atom stereocenters. The molecule has 2 fully saturated rings. The predicted molar refractivity (Wildman–Crippen MR) is 58.2 cm³/mol. The van der Waals surface area contributed by atoms with E-state index in [1.165, 1.54) is 12.8 Å². The SMILES string of the molecule is Fc1cc(CNC2CC2)ccc1C1CC1. The Kier molecular flexibility index (Phi) is 2.24. The zero-order valence-electron chi connectivity index (χ0n) is 8.80. The fraction of sp³-hybridized carbons (Fsp3) is 0.538. The monoisotopic (exact) mass is 205 g/mol. The molecule has 0 heterocycles. The topological polar surface area (TPSA) is 12.0 Å². The summed E-state index contributed by atoms with van der Waals surface area (Å²) in [5.74, 6) is 0.503. The van der Waals surface area contributed by atoms with E-state index in [1.807, 2.05) is 6.07 Å². The molecule has 0 spiro atoms. The number of hydrogen-bond donors (Lipinski definition) is 1. The van der Waals surface area contributed by atoms with Crippen LogP contribution in [-0.2, 0) is 6.54 Å². The van der Waals surface area contributed by atoms with E-state index < -0.39 is 0 Å². The van der Waals surface area contributed by atoms with Gasteiger partial charge in [0.25, 0.3) is 0 Å². The first kappa shape index (κ1) is 9.34. The lowest BCUT2D eigenvalue weighted by Crippen LogP contribution is -2.15. The van der Waals surface area contributed by atoms with Gasteiger partial charge in [-0.05, 0) is 48.8 Å². The summed E-state index contributed by atoms with van der Waals surface area (Å²) in [6, 6.07) is 6.42. The summed E-state index contributed by atoms with van der Waals surface area (Å²) in [4.78, 5) is 0. The molecule has 0 saturated heterocycles. The molecule has 0 aromatic heterocycles. The minimum Gasteiger partial charge on any atom is -0.310 e. The van der Waals surface area contributed by atoms with Crippen LogP contribution in [0.2, 0.25) is 0 Å². The van der Waals surface area contributed by atoms with E-state index in [1.54, 1.807) is 6.07 Å². The van der Waals surface area contributed by atoms with Gasteiger partial charge in [-0.2, -0.15) is 0 Å².